The molecule has 5 nitrogen and oxygen atoms in total. The lowest BCUT2D eigenvalue weighted by Crippen LogP contribution is -2.45. The third-order valence-corrected chi connectivity index (χ3v) is 5.40. The fourth-order valence-electron chi connectivity index (χ4n) is 2.49. The van der Waals surface area contributed by atoms with Gasteiger partial charge in [0.25, 0.3) is 0 Å². The third-order valence-electron chi connectivity index (χ3n) is 3.55. The molecule has 0 aromatic heterocycles. The number of nitrogens with zero attached hydrogens (tertiary/aromatic N) is 2. The maximum absolute atomic E-state index is 12.9. The molecule has 0 spiro atoms. The number of benzene rings is 1. The van der Waals surface area contributed by atoms with E-state index in [1.165, 1.54) is 33.5 Å². The molecule has 1 amide bonds. The summed E-state index contributed by atoms with van der Waals surface area (Å²) in [6.07, 6.45) is 1.21. The molecule has 1 aliphatic rings. The zero-order valence-electron chi connectivity index (χ0n) is 12.1. The standard InChI is InChI=1S/C14H19FN2O3S/c1-16(2)14(18)13-4-3-9-17(13)21(19,20)10-11-5-7-12(15)8-6-11/h5-8,13H,3-4,9-10H2,1-2H3. The monoisotopic (exact) mass is 314 g/mol. The minimum absolute atomic E-state index is 0.199. The van der Waals surface area contributed by atoms with E-state index >= 15 is 0 Å². The Morgan fingerprint density at radius 2 is 1.95 bits per heavy atom. The molecule has 0 bridgehead atoms. The highest BCUT2D eigenvalue weighted by Gasteiger charge is 2.39. The average molecular weight is 314 g/mol. The van der Waals surface area contributed by atoms with Crippen LogP contribution in [-0.4, -0.2) is 50.2 Å². The molecule has 1 saturated heterocycles. The summed E-state index contributed by atoms with van der Waals surface area (Å²) >= 11 is 0. The van der Waals surface area contributed by atoms with Crippen molar-refractivity contribution >= 4 is 15.9 Å². The lowest BCUT2D eigenvalue weighted by Gasteiger charge is -2.25. The van der Waals surface area contributed by atoms with Crippen molar-refractivity contribution in [1.29, 1.82) is 0 Å². The maximum atomic E-state index is 12.9. The highest BCUT2D eigenvalue weighted by Crippen LogP contribution is 2.24. The summed E-state index contributed by atoms with van der Waals surface area (Å²) in [5, 5.41) is 0. The topological polar surface area (TPSA) is 57.7 Å². The summed E-state index contributed by atoms with van der Waals surface area (Å²) in [6.45, 7) is 0.355. The molecule has 0 aliphatic carbocycles. The largest absolute Gasteiger partial charge is 0.347 e. The van der Waals surface area contributed by atoms with Crippen LogP contribution in [0.3, 0.4) is 0 Å². The fourth-order valence-corrected chi connectivity index (χ4v) is 4.26. The smallest absolute Gasteiger partial charge is 0.240 e. The lowest BCUT2D eigenvalue weighted by atomic mass is 10.2. The molecule has 0 N–H and O–H groups in total. The number of hydrogen-bond donors (Lipinski definition) is 0. The number of sulfonamides is 1. The van der Waals surface area contributed by atoms with Crippen molar-refractivity contribution in [3.8, 4) is 0 Å². The molecule has 1 atom stereocenters. The molecule has 1 fully saturated rings. The Morgan fingerprint density at radius 1 is 1.33 bits per heavy atom. The third kappa shape index (κ3) is 3.59. The van der Waals surface area contributed by atoms with E-state index in [9.17, 15) is 17.6 Å². The molecule has 0 saturated carbocycles. The Labute approximate surface area is 124 Å². The minimum atomic E-state index is -3.59. The molecule has 1 heterocycles. The van der Waals surface area contributed by atoms with E-state index < -0.39 is 21.9 Å². The normalized spacial score (nSPS) is 19.7. The Balaban J connectivity index is 2.18. The number of likely N-dealkylation sites (N-methyl/N-ethyl adjacent to an activating group) is 1. The molecule has 1 aromatic carbocycles. The summed E-state index contributed by atoms with van der Waals surface area (Å²) in [5.74, 6) is -0.821. The number of amides is 1. The summed E-state index contributed by atoms with van der Waals surface area (Å²) in [7, 11) is -0.357. The van der Waals surface area contributed by atoms with Crippen LogP contribution < -0.4 is 0 Å². The minimum Gasteiger partial charge on any atom is -0.347 e. The molecular formula is C14H19FN2O3S. The van der Waals surface area contributed by atoms with Gasteiger partial charge in [-0.1, -0.05) is 12.1 Å². The van der Waals surface area contributed by atoms with Crippen molar-refractivity contribution in [2.75, 3.05) is 20.6 Å². The van der Waals surface area contributed by atoms with Gasteiger partial charge >= 0.3 is 0 Å². The van der Waals surface area contributed by atoms with E-state index in [0.717, 1.165) is 0 Å². The van der Waals surface area contributed by atoms with Crippen LogP contribution in [0.1, 0.15) is 18.4 Å². The van der Waals surface area contributed by atoms with Crippen LogP contribution >= 0.6 is 0 Å². The van der Waals surface area contributed by atoms with Crippen LogP contribution in [0.5, 0.6) is 0 Å². The van der Waals surface area contributed by atoms with Crippen molar-refractivity contribution in [3.63, 3.8) is 0 Å². The van der Waals surface area contributed by atoms with Crippen LogP contribution in [0.2, 0.25) is 0 Å². The summed E-state index contributed by atoms with van der Waals surface area (Å²) in [4.78, 5) is 13.5. The van der Waals surface area contributed by atoms with E-state index in [2.05, 4.69) is 0 Å². The molecule has 116 valence electrons. The SMILES string of the molecule is CN(C)C(=O)C1CCCN1S(=O)(=O)Cc1ccc(F)cc1. The predicted molar refractivity (Wildman–Crippen MR) is 77.4 cm³/mol. The van der Waals surface area contributed by atoms with Gasteiger partial charge in [0.1, 0.15) is 11.9 Å². The van der Waals surface area contributed by atoms with Crippen LogP contribution in [0.15, 0.2) is 24.3 Å². The van der Waals surface area contributed by atoms with E-state index in [4.69, 9.17) is 0 Å². The Hall–Kier alpha value is -1.47. The van der Waals surface area contributed by atoms with Gasteiger partial charge in [-0.15, -0.1) is 0 Å². The zero-order valence-corrected chi connectivity index (χ0v) is 12.9. The molecular weight excluding hydrogens is 295 g/mol. The fraction of sp³-hybridized carbons (Fsp3) is 0.500. The first kappa shape index (κ1) is 15.9. The second kappa shape index (κ2) is 6.11. The molecule has 2 rings (SSSR count). The molecule has 1 aliphatic heterocycles. The van der Waals surface area contributed by atoms with E-state index in [-0.39, 0.29) is 11.7 Å². The molecule has 0 radical (unpaired) electrons. The van der Waals surface area contributed by atoms with Gasteiger partial charge < -0.3 is 4.90 Å². The number of halogens is 1. The van der Waals surface area contributed by atoms with E-state index in [0.29, 0.717) is 24.9 Å². The van der Waals surface area contributed by atoms with Crippen LogP contribution in [0.4, 0.5) is 4.39 Å². The number of rotatable bonds is 4. The second-order valence-corrected chi connectivity index (χ2v) is 7.31. The second-order valence-electron chi connectivity index (χ2n) is 5.38. The first-order chi connectivity index (χ1) is 9.81. The zero-order chi connectivity index (χ0) is 15.6. The maximum Gasteiger partial charge on any atom is 0.240 e. The van der Waals surface area contributed by atoms with Gasteiger partial charge in [-0.2, -0.15) is 4.31 Å². The Morgan fingerprint density at radius 3 is 2.52 bits per heavy atom. The number of carbonyl (C=O) groups excluding carboxylic acids is 1. The Bertz CT molecular complexity index is 614. The van der Waals surface area contributed by atoms with Gasteiger partial charge in [0.2, 0.25) is 15.9 Å². The van der Waals surface area contributed by atoms with Crippen molar-refractivity contribution in [2.45, 2.75) is 24.6 Å². The van der Waals surface area contributed by atoms with Gasteiger partial charge in [-0.3, -0.25) is 4.79 Å². The first-order valence-electron chi connectivity index (χ1n) is 6.76. The van der Waals surface area contributed by atoms with E-state index in [1.807, 2.05) is 0 Å². The highest BCUT2D eigenvalue weighted by atomic mass is 32.2. The van der Waals surface area contributed by atoms with Gasteiger partial charge in [-0.05, 0) is 30.5 Å². The Kier molecular flexibility index (Phi) is 4.63. The van der Waals surface area contributed by atoms with Gasteiger partial charge in [0.15, 0.2) is 0 Å². The van der Waals surface area contributed by atoms with Crippen molar-refractivity contribution in [3.05, 3.63) is 35.6 Å². The van der Waals surface area contributed by atoms with E-state index in [1.54, 1.807) is 14.1 Å². The van der Waals surface area contributed by atoms with Crippen LogP contribution in [-0.2, 0) is 20.6 Å². The number of carbonyl (C=O) groups is 1. The van der Waals surface area contributed by atoms with Crippen molar-refractivity contribution in [2.24, 2.45) is 0 Å². The summed E-state index contributed by atoms with van der Waals surface area (Å²) in [6, 6.07) is 4.75. The molecule has 21 heavy (non-hydrogen) atoms. The number of hydrogen-bond acceptors (Lipinski definition) is 3. The van der Waals surface area contributed by atoms with Crippen LogP contribution in [0, 0.1) is 5.82 Å². The quantitative estimate of drug-likeness (QED) is 0.839. The highest BCUT2D eigenvalue weighted by molar-refractivity contribution is 7.88. The van der Waals surface area contributed by atoms with Gasteiger partial charge in [0, 0.05) is 20.6 Å². The average Bonchev–Trinajstić information content (AvgIpc) is 2.90. The van der Waals surface area contributed by atoms with Crippen molar-refractivity contribution < 1.29 is 17.6 Å². The van der Waals surface area contributed by atoms with Crippen molar-refractivity contribution in [1.82, 2.24) is 9.21 Å². The van der Waals surface area contributed by atoms with Gasteiger partial charge in [-0.25, -0.2) is 12.8 Å². The first-order valence-corrected chi connectivity index (χ1v) is 8.37. The summed E-state index contributed by atoms with van der Waals surface area (Å²) < 4.78 is 39.1. The predicted octanol–water partition coefficient (Wildman–Crippen LogP) is 1.21. The molecule has 1 aromatic rings. The van der Waals surface area contributed by atoms with Gasteiger partial charge in [0.05, 0.1) is 5.75 Å². The summed E-state index contributed by atoms with van der Waals surface area (Å²) in [5.41, 5.74) is 0.513. The van der Waals surface area contributed by atoms with Crippen LogP contribution in [0.25, 0.3) is 0 Å². The molecule has 1 unspecified atom stereocenters. The molecule has 7 heteroatoms. The lowest BCUT2D eigenvalue weighted by molar-refractivity contribution is -0.132.